The van der Waals surface area contributed by atoms with Gasteiger partial charge in [0.1, 0.15) is 0 Å². The van der Waals surface area contributed by atoms with Crippen LogP contribution in [-0.2, 0) is 6.54 Å². The average molecular weight is 204 g/mol. The van der Waals surface area contributed by atoms with Crippen LogP contribution in [0.3, 0.4) is 0 Å². The van der Waals surface area contributed by atoms with Crippen molar-refractivity contribution < 1.29 is 0 Å². The van der Waals surface area contributed by atoms with Crippen LogP contribution < -0.4 is 5.32 Å². The Labute approximate surface area is 82.7 Å². The Balaban J connectivity index is 2.75. The molecule has 1 nitrogen and oxygen atoms in total. The Hall–Kier alpha value is -0.240. The first-order valence-corrected chi connectivity index (χ1v) is 4.64. The van der Waals surface area contributed by atoms with Gasteiger partial charge in [-0.25, -0.2) is 0 Å². The van der Waals surface area contributed by atoms with Crippen LogP contribution >= 0.6 is 23.2 Å². The van der Waals surface area contributed by atoms with Crippen LogP contribution in [0.25, 0.3) is 0 Å². The van der Waals surface area contributed by atoms with Crippen LogP contribution in [0.4, 0.5) is 0 Å². The SMILES string of the molecule is CCNCc1cc(Cl)ccc1Cl. The van der Waals surface area contributed by atoms with E-state index < -0.39 is 0 Å². The lowest BCUT2D eigenvalue weighted by atomic mass is 10.2. The minimum atomic E-state index is 0.729. The Bertz CT molecular complexity index is 261. The number of rotatable bonds is 3. The summed E-state index contributed by atoms with van der Waals surface area (Å²) in [4.78, 5) is 0. The van der Waals surface area contributed by atoms with E-state index >= 15 is 0 Å². The van der Waals surface area contributed by atoms with E-state index in [0.717, 1.165) is 28.7 Å². The van der Waals surface area contributed by atoms with Gasteiger partial charge in [0.25, 0.3) is 0 Å². The maximum atomic E-state index is 5.93. The normalized spacial score (nSPS) is 10.2. The number of nitrogens with one attached hydrogen (secondary N) is 1. The number of hydrogen-bond acceptors (Lipinski definition) is 1. The van der Waals surface area contributed by atoms with E-state index in [1.54, 1.807) is 6.07 Å². The van der Waals surface area contributed by atoms with Gasteiger partial charge < -0.3 is 5.32 Å². The lowest BCUT2D eigenvalue weighted by Crippen LogP contribution is -2.11. The van der Waals surface area contributed by atoms with Gasteiger partial charge >= 0.3 is 0 Å². The molecule has 12 heavy (non-hydrogen) atoms. The second-order valence-corrected chi connectivity index (χ2v) is 3.36. The summed E-state index contributed by atoms with van der Waals surface area (Å²) in [6.45, 7) is 3.76. The van der Waals surface area contributed by atoms with Crippen LogP contribution in [0.1, 0.15) is 12.5 Å². The van der Waals surface area contributed by atoms with Crippen molar-refractivity contribution >= 4 is 23.2 Å². The fourth-order valence-corrected chi connectivity index (χ4v) is 1.32. The van der Waals surface area contributed by atoms with Gasteiger partial charge in [0, 0.05) is 16.6 Å². The summed E-state index contributed by atoms with van der Waals surface area (Å²) in [7, 11) is 0. The molecule has 0 atom stereocenters. The second kappa shape index (κ2) is 4.70. The molecule has 0 aliphatic carbocycles. The van der Waals surface area contributed by atoms with Crippen molar-refractivity contribution in [2.45, 2.75) is 13.5 Å². The van der Waals surface area contributed by atoms with Gasteiger partial charge in [0.2, 0.25) is 0 Å². The Morgan fingerprint density at radius 3 is 2.75 bits per heavy atom. The van der Waals surface area contributed by atoms with Crippen molar-refractivity contribution in [3.8, 4) is 0 Å². The van der Waals surface area contributed by atoms with Crippen molar-refractivity contribution in [1.82, 2.24) is 5.32 Å². The van der Waals surface area contributed by atoms with Gasteiger partial charge in [-0.1, -0.05) is 30.1 Å². The molecule has 0 unspecified atom stereocenters. The van der Waals surface area contributed by atoms with E-state index in [1.165, 1.54) is 0 Å². The molecule has 0 aliphatic rings. The summed E-state index contributed by atoms with van der Waals surface area (Å²) >= 11 is 11.7. The summed E-state index contributed by atoms with van der Waals surface area (Å²) in [5.74, 6) is 0. The van der Waals surface area contributed by atoms with E-state index in [1.807, 2.05) is 12.1 Å². The fraction of sp³-hybridized carbons (Fsp3) is 0.333. The minimum Gasteiger partial charge on any atom is -0.313 e. The highest BCUT2D eigenvalue weighted by atomic mass is 35.5. The maximum absolute atomic E-state index is 5.93. The molecule has 0 radical (unpaired) electrons. The zero-order chi connectivity index (χ0) is 8.97. The van der Waals surface area contributed by atoms with Crippen molar-refractivity contribution in [1.29, 1.82) is 0 Å². The van der Waals surface area contributed by atoms with Crippen LogP contribution in [0.15, 0.2) is 18.2 Å². The zero-order valence-corrected chi connectivity index (χ0v) is 8.41. The van der Waals surface area contributed by atoms with Crippen molar-refractivity contribution in [2.24, 2.45) is 0 Å². The molecular formula is C9H11Cl2N. The van der Waals surface area contributed by atoms with Crippen LogP contribution in [-0.4, -0.2) is 6.54 Å². The molecule has 1 aromatic rings. The molecule has 0 saturated heterocycles. The predicted molar refractivity (Wildman–Crippen MR) is 53.8 cm³/mol. The lowest BCUT2D eigenvalue weighted by molar-refractivity contribution is 0.727. The molecule has 1 N–H and O–H groups in total. The highest BCUT2D eigenvalue weighted by Crippen LogP contribution is 2.20. The molecular weight excluding hydrogens is 193 g/mol. The van der Waals surface area contributed by atoms with Crippen LogP contribution in [0.2, 0.25) is 10.0 Å². The largest absolute Gasteiger partial charge is 0.313 e. The molecule has 0 bridgehead atoms. The Morgan fingerprint density at radius 2 is 2.08 bits per heavy atom. The summed E-state index contributed by atoms with van der Waals surface area (Å²) in [6, 6.07) is 5.49. The van der Waals surface area contributed by atoms with Gasteiger partial charge in [-0.2, -0.15) is 0 Å². The molecule has 1 rings (SSSR count). The summed E-state index contributed by atoms with van der Waals surface area (Å²) < 4.78 is 0. The molecule has 1 aromatic carbocycles. The average Bonchev–Trinajstić information content (AvgIpc) is 2.07. The van der Waals surface area contributed by atoms with Gasteiger partial charge in [0.15, 0.2) is 0 Å². The van der Waals surface area contributed by atoms with E-state index in [2.05, 4.69) is 12.2 Å². The van der Waals surface area contributed by atoms with Gasteiger partial charge in [-0.15, -0.1) is 0 Å². The highest BCUT2D eigenvalue weighted by molar-refractivity contribution is 6.33. The molecule has 0 saturated carbocycles. The van der Waals surface area contributed by atoms with Gasteiger partial charge in [-0.05, 0) is 30.3 Å². The third-order valence-electron chi connectivity index (χ3n) is 1.57. The third kappa shape index (κ3) is 2.67. The lowest BCUT2D eigenvalue weighted by Gasteiger charge is -2.04. The molecule has 0 heterocycles. The molecule has 3 heteroatoms. The monoisotopic (exact) mass is 203 g/mol. The van der Waals surface area contributed by atoms with E-state index in [-0.39, 0.29) is 0 Å². The number of benzene rings is 1. The molecule has 0 aromatic heterocycles. The van der Waals surface area contributed by atoms with E-state index in [9.17, 15) is 0 Å². The summed E-state index contributed by atoms with van der Waals surface area (Å²) in [5.41, 5.74) is 1.05. The number of halogens is 2. The summed E-state index contributed by atoms with van der Waals surface area (Å²) in [5, 5.41) is 4.68. The van der Waals surface area contributed by atoms with E-state index in [0.29, 0.717) is 0 Å². The molecule has 0 aliphatic heterocycles. The zero-order valence-electron chi connectivity index (χ0n) is 6.90. The first-order valence-electron chi connectivity index (χ1n) is 3.88. The highest BCUT2D eigenvalue weighted by Gasteiger charge is 1.99. The van der Waals surface area contributed by atoms with Crippen molar-refractivity contribution in [2.75, 3.05) is 6.54 Å². The van der Waals surface area contributed by atoms with Crippen molar-refractivity contribution in [3.63, 3.8) is 0 Å². The van der Waals surface area contributed by atoms with Crippen LogP contribution in [0.5, 0.6) is 0 Å². The Morgan fingerprint density at radius 1 is 1.33 bits per heavy atom. The quantitative estimate of drug-likeness (QED) is 0.797. The first kappa shape index (κ1) is 9.85. The minimum absolute atomic E-state index is 0.729. The molecule has 0 spiro atoms. The maximum Gasteiger partial charge on any atom is 0.0451 e. The standard InChI is InChI=1S/C9H11Cl2N/c1-2-12-6-7-5-8(10)3-4-9(7)11/h3-5,12H,2,6H2,1H3. The topological polar surface area (TPSA) is 12.0 Å². The smallest absolute Gasteiger partial charge is 0.0451 e. The number of hydrogen-bond donors (Lipinski definition) is 1. The molecule has 66 valence electrons. The molecule has 0 amide bonds. The van der Waals surface area contributed by atoms with Gasteiger partial charge in [0.05, 0.1) is 0 Å². The Kier molecular flexibility index (Phi) is 3.86. The summed E-state index contributed by atoms with van der Waals surface area (Å²) in [6.07, 6.45) is 0. The van der Waals surface area contributed by atoms with Gasteiger partial charge in [-0.3, -0.25) is 0 Å². The fourth-order valence-electron chi connectivity index (χ4n) is 0.938. The second-order valence-electron chi connectivity index (χ2n) is 2.52. The predicted octanol–water partition coefficient (Wildman–Crippen LogP) is 3.10. The molecule has 0 fully saturated rings. The van der Waals surface area contributed by atoms with E-state index in [4.69, 9.17) is 23.2 Å². The van der Waals surface area contributed by atoms with Crippen molar-refractivity contribution in [3.05, 3.63) is 33.8 Å². The first-order chi connectivity index (χ1) is 5.74. The third-order valence-corrected chi connectivity index (χ3v) is 2.18. The van der Waals surface area contributed by atoms with Crippen LogP contribution in [0, 0.1) is 0 Å².